The zero-order valence-corrected chi connectivity index (χ0v) is 17.4. The molecule has 1 fully saturated rings. The molecule has 1 saturated carbocycles. The number of rotatable bonds is 2. The molecular weight excluding hydrogens is 344 g/mol. The van der Waals surface area contributed by atoms with Crippen LogP contribution < -0.4 is 9.13 Å². The van der Waals surface area contributed by atoms with E-state index >= 15 is 0 Å². The molecule has 2 atom stereocenters. The normalized spacial score (nSPS) is 20.3. The number of aryl methyl sites for hydroxylation is 4. The van der Waals surface area contributed by atoms with Gasteiger partial charge in [0.05, 0.1) is 40.0 Å². The summed E-state index contributed by atoms with van der Waals surface area (Å²) in [6.45, 7) is 0. The Morgan fingerprint density at radius 1 is 0.714 bits per heavy atom. The Bertz CT molecular complexity index is 1010. The lowest BCUT2D eigenvalue weighted by atomic mass is 9.80. The van der Waals surface area contributed by atoms with Crippen LogP contribution in [0.25, 0.3) is 22.1 Å². The van der Waals surface area contributed by atoms with Crippen LogP contribution in [0.5, 0.6) is 0 Å². The summed E-state index contributed by atoms with van der Waals surface area (Å²) >= 11 is 0. The molecule has 2 heterocycles. The van der Waals surface area contributed by atoms with Gasteiger partial charge in [-0.3, -0.25) is 0 Å². The monoisotopic (exact) mass is 374 g/mol. The maximum Gasteiger partial charge on any atom is 0.260 e. The zero-order chi connectivity index (χ0) is 19.4. The van der Waals surface area contributed by atoms with E-state index in [0.717, 1.165) is 0 Å². The van der Waals surface area contributed by atoms with Gasteiger partial charge in [0.15, 0.2) is 22.1 Å². The summed E-state index contributed by atoms with van der Waals surface area (Å²) in [5, 5.41) is 0. The second kappa shape index (κ2) is 6.47. The molecule has 1 aliphatic carbocycles. The van der Waals surface area contributed by atoms with Crippen molar-refractivity contribution in [3.8, 4) is 0 Å². The molecule has 0 spiro atoms. The topological polar surface area (TPSA) is 17.6 Å². The molecule has 144 valence electrons. The third kappa shape index (κ3) is 2.43. The first-order valence-electron chi connectivity index (χ1n) is 10.4. The van der Waals surface area contributed by atoms with Crippen LogP contribution in [0.3, 0.4) is 0 Å². The van der Waals surface area contributed by atoms with Gasteiger partial charge >= 0.3 is 0 Å². The fraction of sp³-hybridized carbons (Fsp3) is 0.417. The second-order valence-electron chi connectivity index (χ2n) is 8.49. The highest BCUT2D eigenvalue weighted by atomic mass is 15.2. The van der Waals surface area contributed by atoms with Gasteiger partial charge in [-0.25, -0.2) is 18.3 Å². The van der Waals surface area contributed by atoms with Crippen LogP contribution in [0.15, 0.2) is 48.5 Å². The van der Waals surface area contributed by atoms with Gasteiger partial charge in [-0.05, 0) is 43.5 Å². The number of hydrogen-bond donors (Lipinski definition) is 0. The van der Waals surface area contributed by atoms with Gasteiger partial charge in [0.1, 0.15) is 0 Å². The third-order valence-electron chi connectivity index (χ3n) is 6.99. The molecule has 2 aromatic heterocycles. The summed E-state index contributed by atoms with van der Waals surface area (Å²) in [5.41, 5.74) is 5.32. The fourth-order valence-electron chi connectivity index (χ4n) is 5.76. The quantitative estimate of drug-likeness (QED) is 0.476. The Labute approximate surface area is 166 Å². The molecule has 0 amide bonds. The van der Waals surface area contributed by atoms with Crippen molar-refractivity contribution in [1.82, 2.24) is 9.13 Å². The standard InChI is InChI=1S/C24H30N4/c1-25-19-12-5-6-13-20(19)26(2)23(25)17-10-9-11-18(16-17)24-27(3)21-14-7-8-15-22(21)28(24)4/h5-8,12-15,17-18H,9-11,16H2,1-4H3/q+2/t17-,18-/m0/s1. The predicted octanol–water partition coefficient (Wildman–Crippen LogP) is 3.76. The third-order valence-corrected chi connectivity index (χ3v) is 6.99. The summed E-state index contributed by atoms with van der Waals surface area (Å²) < 4.78 is 9.68. The number of fused-ring (bicyclic) bond motifs is 2. The van der Waals surface area contributed by atoms with E-state index in [1.807, 2.05) is 0 Å². The smallest absolute Gasteiger partial charge is 0.230 e. The molecule has 0 N–H and O–H groups in total. The zero-order valence-electron chi connectivity index (χ0n) is 17.4. The van der Waals surface area contributed by atoms with E-state index in [4.69, 9.17) is 0 Å². The van der Waals surface area contributed by atoms with Crippen LogP contribution >= 0.6 is 0 Å². The molecule has 4 nitrogen and oxygen atoms in total. The molecule has 5 rings (SSSR count). The fourth-order valence-corrected chi connectivity index (χ4v) is 5.76. The van der Waals surface area contributed by atoms with Crippen LogP contribution in [0.1, 0.15) is 49.2 Å². The lowest BCUT2D eigenvalue weighted by Gasteiger charge is -2.25. The van der Waals surface area contributed by atoms with E-state index in [1.54, 1.807) is 0 Å². The summed E-state index contributed by atoms with van der Waals surface area (Å²) in [7, 11) is 8.94. The Balaban J connectivity index is 1.57. The Kier molecular flexibility index (Phi) is 4.04. The molecule has 2 aromatic carbocycles. The average Bonchev–Trinajstić information content (AvgIpc) is 3.13. The first-order valence-corrected chi connectivity index (χ1v) is 10.4. The molecule has 1 aliphatic rings. The Morgan fingerprint density at radius 2 is 1.14 bits per heavy atom. The molecule has 0 radical (unpaired) electrons. The highest BCUT2D eigenvalue weighted by Gasteiger charge is 2.38. The largest absolute Gasteiger partial charge is 0.260 e. The van der Waals surface area contributed by atoms with Gasteiger partial charge in [0.25, 0.3) is 11.6 Å². The van der Waals surface area contributed by atoms with E-state index in [2.05, 4.69) is 95.0 Å². The highest BCUT2D eigenvalue weighted by molar-refractivity contribution is 5.73. The van der Waals surface area contributed by atoms with Gasteiger partial charge < -0.3 is 0 Å². The lowest BCUT2D eigenvalue weighted by Crippen LogP contribution is -2.38. The minimum Gasteiger partial charge on any atom is -0.230 e. The van der Waals surface area contributed by atoms with Crippen LogP contribution in [-0.4, -0.2) is 9.13 Å². The first kappa shape index (κ1) is 17.5. The van der Waals surface area contributed by atoms with E-state index in [-0.39, 0.29) is 0 Å². The number of imidazole rings is 2. The van der Waals surface area contributed by atoms with E-state index in [0.29, 0.717) is 11.8 Å². The maximum absolute atomic E-state index is 2.42. The molecule has 28 heavy (non-hydrogen) atoms. The van der Waals surface area contributed by atoms with Crippen molar-refractivity contribution >= 4 is 22.1 Å². The molecule has 0 aliphatic heterocycles. The molecule has 0 unspecified atom stereocenters. The number of hydrogen-bond acceptors (Lipinski definition) is 0. The van der Waals surface area contributed by atoms with Crippen molar-refractivity contribution in [2.75, 3.05) is 0 Å². The van der Waals surface area contributed by atoms with Crippen LogP contribution in [0, 0.1) is 0 Å². The van der Waals surface area contributed by atoms with Gasteiger partial charge in [0, 0.05) is 0 Å². The first-order chi connectivity index (χ1) is 13.6. The molecule has 0 saturated heterocycles. The second-order valence-corrected chi connectivity index (χ2v) is 8.49. The van der Waals surface area contributed by atoms with Crippen molar-refractivity contribution in [2.45, 2.75) is 37.5 Å². The highest BCUT2D eigenvalue weighted by Crippen LogP contribution is 2.40. The van der Waals surface area contributed by atoms with Crippen molar-refractivity contribution in [1.29, 1.82) is 0 Å². The summed E-state index contributed by atoms with van der Waals surface area (Å²) in [6.07, 6.45) is 5.07. The Hall–Kier alpha value is -2.62. The number of benzene rings is 2. The van der Waals surface area contributed by atoms with Crippen molar-refractivity contribution in [2.24, 2.45) is 28.2 Å². The van der Waals surface area contributed by atoms with Crippen LogP contribution in [0.2, 0.25) is 0 Å². The number of aromatic nitrogens is 4. The van der Waals surface area contributed by atoms with E-state index in [9.17, 15) is 0 Å². The van der Waals surface area contributed by atoms with Crippen molar-refractivity contribution in [3.63, 3.8) is 0 Å². The Morgan fingerprint density at radius 3 is 1.57 bits per heavy atom. The maximum atomic E-state index is 2.42. The lowest BCUT2D eigenvalue weighted by molar-refractivity contribution is -0.658. The van der Waals surface area contributed by atoms with Gasteiger partial charge in [-0.1, -0.05) is 30.7 Å². The minimum atomic E-state index is 0.596. The van der Waals surface area contributed by atoms with Gasteiger partial charge in [-0.2, -0.15) is 0 Å². The molecule has 4 heteroatoms. The van der Waals surface area contributed by atoms with Gasteiger partial charge in [0.2, 0.25) is 0 Å². The summed E-state index contributed by atoms with van der Waals surface area (Å²) in [6, 6.07) is 17.5. The molecule has 4 aromatic rings. The van der Waals surface area contributed by atoms with E-state index < -0.39 is 0 Å². The van der Waals surface area contributed by atoms with Crippen LogP contribution in [-0.2, 0) is 28.2 Å². The minimum absolute atomic E-state index is 0.596. The van der Waals surface area contributed by atoms with Crippen molar-refractivity contribution < 1.29 is 9.13 Å². The average molecular weight is 375 g/mol. The van der Waals surface area contributed by atoms with E-state index in [1.165, 1.54) is 59.4 Å². The summed E-state index contributed by atoms with van der Waals surface area (Å²) in [5.74, 6) is 4.12. The predicted molar refractivity (Wildman–Crippen MR) is 112 cm³/mol. The van der Waals surface area contributed by atoms with Gasteiger partial charge in [-0.15, -0.1) is 0 Å². The molecule has 0 bridgehead atoms. The number of para-hydroxylation sites is 4. The number of nitrogens with zero attached hydrogens (tertiary/aromatic N) is 4. The van der Waals surface area contributed by atoms with Crippen molar-refractivity contribution in [3.05, 3.63) is 60.2 Å². The SMILES string of the molecule is Cn1c([C@H]2CCC[C@H](c3n(C)c4ccccc4[n+]3C)C2)[n+](C)c2ccccc21. The molecular formula is C24H30N4+2. The summed E-state index contributed by atoms with van der Waals surface area (Å²) in [4.78, 5) is 0. The van der Waals surface area contributed by atoms with Crippen LogP contribution in [0.4, 0.5) is 0 Å².